The number of hydrogen-bond donors (Lipinski definition) is 1. The van der Waals surface area contributed by atoms with Gasteiger partial charge in [-0.05, 0) is 61.7 Å². The van der Waals surface area contributed by atoms with E-state index in [4.69, 9.17) is 9.47 Å². The van der Waals surface area contributed by atoms with Gasteiger partial charge in [0.1, 0.15) is 24.1 Å². The zero-order valence-electron chi connectivity index (χ0n) is 24.7. The summed E-state index contributed by atoms with van der Waals surface area (Å²) in [7, 11) is -1.34. The first-order valence-electron chi connectivity index (χ1n) is 14.3. The van der Waals surface area contributed by atoms with Crippen LogP contribution in [0.1, 0.15) is 44.6 Å². The largest absolute Gasteiger partial charge is 0.497 e. The van der Waals surface area contributed by atoms with Gasteiger partial charge in [-0.1, -0.05) is 65.5 Å². The summed E-state index contributed by atoms with van der Waals surface area (Å²) in [6.07, 6.45) is 5.05. The second kappa shape index (κ2) is 14.7. The predicted molar refractivity (Wildman–Crippen MR) is 170 cm³/mol. The van der Waals surface area contributed by atoms with Crippen LogP contribution in [-0.4, -0.2) is 58.0 Å². The van der Waals surface area contributed by atoms with Crippen molar-refractivity contribution in [1.29, 1.82) is 0 Å². The minimum atomic E-state index is -4.24. The molecule has 230 valence electrons. The van der Waals surface area contributed by atoms with Crippen molar-refractivity contribution in [3.05, 3.63) is 82.8 Å². The van der Waals surface area contributed by atoms with Crippen molar-refractivity contribution in [1.82, 2.24) is 10.2 Å². The van der Waals surface area contributed by atoms with Crippen LogP contribution in [0.15, 0.2) is 82.2 Å². The van der Waals surface area contributed by atoms with Crippen molar-refractivity contribution in [2.75, 3.05) is 25.1 Å². The molecule has 0 bridgehead atoms. The highest BCUT2D eigenvalue weighted by Crippen LogP contribution is 2.36. The van der Waals surface area contributed by atoms with Crippen LogP contribution in [0.5, 0.6) is 11.5 Å². The third kappa shape index (κ3) is 8.08. The molecule has 9 nitrogen and oxygen atoms in total. The van der Waals surface area contributed by atoms with Gasteiger partial charge in [0.2, 0.25) is 11.8 Å². The van der Waals surface area contributed by atoms with Gasteiger partial charge < -0.3 is 19.7 Å². The summed E-state index contributed by atoms with van der Waals surface area (Å²) in [6.45, 7) is 1.22. The van der Waals surface area contributed by atoms with Gasteiger partial charge in [0, 0.05) is 23.1 Å². The van der Waals surface area contributed by atoms with Crippen LogP contribution < -0.4 is 19.1 Å². The minimum absolute atomic E-state index is 0.00947. The molecule has 1 atom stereocenters. The van der Waals surface area contributed by atoms with E-state index in [0.717, 1.165) is 46.4 Å². The van der Waals surface area contributed by atoms with E-state index >= 15 is 0 Å². The number of halogens is 1. The van der Waals surface area contributed by atoms with Crippen LogP contribution in [0.2, 0.25) is 0 Å². The lowest BCUT2D eigenvalue weighted by Gasteiger charge is -2.33. The maximum atomic E-state index is 14.2. The van der Waals surface area contributed by atoms with Gasteiger partial charge in [-0.2, -0.15) is 0 Å². The first-order valence-corrected chi connectivity index (χ1v) is 16.5. The van der Waals surface area contributed by atoms with Crippen LogP contribution in [0.3, 0.4) is 0 Å². The van der Waals surface area contributed by atoms with E-state index in [9.17, 15) is 18.0 Å². The maximum Gasteiger partial charge on any atom is 0.264 e. The molecular weight excluding hydrogens is 634 g/mol. The lowest BCUT2D eigenvalue weighted by atomic mass is 9.95. The molecule has 3 aromatic carbocycles. The second-order valence-corrected chi connectivity index (χ2v) is 13.3. The summed E-state index contributed by atoms with van der Waals surface area (Å²) in [5, 5.41) is 3.11. The van der Waals surface area contributed by atoms with Crippen LogP contribution in [0.4, 0.5) is 5.69 Å². The fourth-order valence-electron chi connectivity index (χ4n) is 5.16. The number of carbonyl (C=O) groups is 2. The van der Waals surface area contributed by atoms with Crippen molar-refractivity contribution < 1.29 is 27.5 Å². The monoisotopic (exact) mass is 671 g/mol. The molecule has 4 rings (SSSR count). The number of nitrogens with one attached hydrogen (secondary N) is 1. The van der Waals surface area contributed by atoms with E-state index < -0.39 is 28.5 Å². The Labute approximate surface area is 262 Å². The van der Waals surface area contributed by atoms with Crippen molar-refractivity contribution in [3.63, 3.8) is 0 Å². The normalized spacial score (nSPS) is 14.4. The number of carbonyl (C=O) groups excluding carboxylic acids is 2. The molecular formula is C32H38BrN3O6S. The molecule has 1 unspecified atom stereocenters. The SMILES string of the molecule is COc1ccc(OC)c(N(CC(=O)N(Cc2ccc(Br)cc2)C(C)C(=O)NC2CCCCC2)S(=O)(=O)c2ccccc2)c1. The topological polar surface area (TPSA) is 105 Å². The molecule has 0 spiro atoms. The molecule has 3 aromatic rings. The van der Waals surface area contributed by atoms with Gasteiger partial charge in [-0.25, -0.2) is 8.42 Å². The molecule has 43 heavy (non-hydrogen) atoms. The van der Waals surface area contributed by atoms with Crippen LogP contribution in [0, 0.1) is 0 Å². The van der Waals surface area contributed by atoms with E-state index in [-0.39, 0.29) is 34.8 Å². The fourth-order valence-corrected chi connectivity index (χ4v) is 6.86. The summed E-state index contributed by atoms with van der Waals surface area (Å²) in [4.78, 5) is 29.1. The number of ether oxygens (including phenoxy) is 2. The van der Waals surface area contributed by atoms with Gasteiger partial charge in [-0.15, -0.1) is 0 Å². The Morgan fingerprint density at radius 3 is 2.26 bits per heavy atom. The van der Waals surface area contributed by atoms with E-state index in [1.165, 1.54) is 37.3 Å². The molecule has 0 heterocycles. The van der Waals surface area contributed by atoms with Crippen molar-refractivity contribution in [3.8, 4) is 11.5 Å². The highest BCUT2D eigenvalue weighted by atomic mass is 79.9. The first kappa shape index (κ1) is 32.3. The number of amides is 2. The molecule has 1 aliphatic rings. The lowest BCUT2D eigenvalue weighted by molar-refractivity contribution is -0.139. The Morgan fingerprint density at radius 1 is 0.953 bits per heavy atom. The van der Waals surface area contributed by atoms with Gasteiger partial charge in [0.25, 0.3) is 10.0 Å². The van der Waals surface area contributed by atoms with E-state index in [2.05, 4.69) is 21.2 Å². The zero-order valence-corrected chi connectivity index (χ0v) is 27.1. The first-order chi connectivity index (χ1) is 20.6. The second-order valence-electron chi connectivity index (χ2n) is 10.5. The van der Waals surface area contributed by atoms with E-state index in [1.54, 1.807) is 37.3 Å². The molecule has 0 aliphatic heterocycles. The summed E-state index contributed by atoms with van der Waals surface area (Å²) < 4.78 is 41.0. The Morgan fingerprint density at radius 2 is 1.63 bits per heavy atom. The Bertz CT molecular complexity index is 1500. The molecule has 0 saturated heterocycles. The maximum absolute atomic E-state index is 14.2. The Hall–Kier alpha value is -3.57. The van der Waals surface area contributed by atoms with E-state index in [1.807, 2.05) is 24.3 Å². The molecule has 2 amide bonds. The number of methoxy groups -OCH3 is 2. The Kier molecular flexibility index (Phi) is 11.1. The Balaban J connectivity index is 1.73. The number of anilines is 1. The van der Waals surface area contributed by atoms with Crippen molar-refractivity contribution >= 4 is 43.5 Å². The summed E-state index contributed by atoms with van der Waals surface area (Å²) in [6, 6.07) is 19.3. The average molecular weight is 673 g/mol. The number of hydrogen-bond acceptors (Lipinski definition) is 6. The molecule has 1 N–H and O–H groups in total. The molecule has 1 saturated carbocycles. The standard InChI is InChI=1S/C32H38BrN3O6S/c1-23(32(38)34-26-10-6-4-7-11-26)35(21-24-14-16-25(33)17-15-24)31(37)22-36(43(39,40)28-12-8-5-9-13-28)29-20-27(41-2)18-19-30(29)42-3/h5,8-9,12-20,23,26H,4,6-7,10-11,21-22H2,1-3H3,(H,34,38). The van der Waals surface area contributed by atoms with Crippen molar-refractivity contribution in [2.45, 2.75) is 62.6 Å². The third-order valence-electron chi connectivity index (χ3n) is 7.65. The number of rotatable bonds is 12. The number of benzene rings is 3. The quantitative estimate of drug-likeness (QED) is 0.272. The van der Waals surface area contributed by atoms with Crippen LogP contribution >= 0.6 is 15.9 Å². The number of nitrogens with zero attached hydrogens (tertiary/aromatic N) is 2. The summed E-state index contributed by atoms with van der Waals surface area (Å²) in [5.74, 6) is -0.175. The molecule has 11 heteroatoms. The van der Waals surface area contributed by atoms with Crippen molar-refractivity contribution in [2.24, 2.45) is 0 Å². The highest BCUT2D eigenvalue weighted by Gasteiger charge is 2.34. The minimum Gasteiger partial charge on any atom is -0.497 e. The number of sulfonamides is 1. The van der Waals surface area contributed by atoms with Gasteiger partial charge >= 0.3 is 0 Å². The summed E-state index contributed by atoms with van der Waals surface area (Å²) in [5.41, 5.74) is 0.937. The average Bonchev–Trinajstić information content (AvgIpc) is 3.03. The van der Waals surface area contributed by atoms with Crippen LogP contribution in [0.25, 0.3) is 0 Å². The lowest BCUT2D eigenvalue weighted by Crippen LogP contribution is -2.53. The van der Waals surface area contributed by atoms with E-state index in [0.29, 0.717) is 5.75 Å². The molecule has 0 aromatic heterocycles. The smallest absolute Gasteiger partial charge is 0.264 e. The zero-order chi connectivity index (χ0) is 31.0. The molecule has 1 aliphatic carbocycles. The van der Waals surface area contributed by atoms with Gasteiger partial charge in [0.05, 0.1) is 24.8 Å². The van der Waals surface area contributed by atoms with Crippen LogP contribution in [-0.2, 0) is 26.2 Å². The third-order valence-corrected chi connectivity index (χ3v) is 9.95. The van der Waals surface area contributed by atoms with Gasteiger partial charge in [0.15, 0.2) is 0 Å². The summed E-state index contributed by atoms with van der Waals surface area (Å²) >= 11 is 3.44. The van der Waals surface area contributed by atoms with Gasteiger partial charge in [-0.3, -0.25) is 13.9 Å². The highest BCUT2D eigenvalue weighted by molar-refractivity contribution is 9.10. The fraction of sp³-hybridized carbons (Fsp3) is 0.375. The predicted octanol–water partition coefficient (Wildman–Crippen LogP) is 5.53. The molecule has 1 fully saturated rings. The molecule has 0 radical (unpaired) electrons.